The SMILES string of the molecule is C=C(C)c1cccc(OCC(C)NC(=O)O)c1. The van der Waals surface area contributed by atoms with Gasteiger partial charge in [-0.25, -0.2) is 4.79 Å². The molecule has 1 aromatic rings. The molecule has 0 heterocycles. The number of nitrogens with one attached hydrogen (secondary N) is 1. The first-order chi connectivity index (χ1) is 7.99. The summed E-state index contributed by atoms with van der Waals surface area (Å²) in [5.74, 6) is 0.713. The molecular weight excluding hydrogens is 218 g/mol. The third kappa shape index (κ3) is 4.59. The maximum atomic E-state index is 10.4. The third-order valence-electron chi connectivity index (χ3n) is 2.20. The third-order valence-corrected chi connectivity index (χ3v) is 2.20. The largest absolute Gasteiger partial charge is 0.491 e. The number of rotatable bonds is 5. The Morgan fingerprint density at radius 2 is 2.29 bits per heavy atom. The highest BCUT2D eigenvalue weighted by molar-refractivity contribution is 5.64. The molecule has 0 radical (unpaired) electrons. The van der Waals surface area contributed by atoms with E-state index in [1.54, 1.807) is 6.92 Å². The van der Waals surface area contributed by atoms with Gasteiger partial charge in [0.05, 0.1) is 6.04 Å². The summed E-state index contributed by atoms with van der Waals surface area (Å²) in [6.45, 7) is 7.82. The zero-order valence-corrected chi connectivity index (χ0v) is 10.1. The smallest absolute Gasteiger partial charge is 0.404 e. The number of amides is 1. The van der Waals surface area contributed by atoms with E-state index in [1.807, 2.05) is 31.2 Å². The van der Waals surface area contributed by atoms with Gasteiger partial charge in [0.15, 0.2) is 0 Å². The Labute approximate surface area is 101 Å². The minimum absolute atomic E-state index is 0.249. The van der Waals surface area contributed by atoms with Gasteiger partial charge < -0.3 is 15.2 Å². The van der Waals surface area contributed by atoms with Crippen LogP contribution in [0.5, 0.6) is 5.75 Å². The van der Waals surface area contributed by atoms with Crippen LogP contribution in [0.3, 0.4) is 0 Å². The van der Waals surface area contributed by atoms with E-state index in [1.165, 1.54) is 0 Å². The molecule has 1 amide bonds. The second-order valence-electron chi connectivity index (χ2n) is 3.97. The standard InChI is InChI=1S/C13H17NO3/c1-9(2)11-5-4-6-12(7-11)17-8-10(3)14-13(15)16/h4-7,10,14H,1,8H2,2-3H3,(H,15,16). The van der Waals surface area contributed by atoms with Crippen molar-refractivity contribution >= 4 is 11.7 Å². The van der Waals surface area contributed by atoms with Gasteiger partial charge >= 0.3 is 6.09 Å². The summed E-state index contributed by atoms with van der Waals surface area (Å²) in [6, 6.07) is 7.30. The first-order valence-electron chi connectivity index (χ1n) is 5.37. The van der Waals surface area contributed by atoms with Crippen molar-refractivity contribution in [1.29, 1.82) is 0 Å². The Kier molecular flexibility index (Phi) is 4.57. The molecule has 0 saturated heterocycles. The zero-order valence-electron chi connectivity index (χ0n) is 10.1. The van der Waals surface area contributed by atoms with E-state index < -0.39 is 6.09 Å². The van der Waals surface area contributed by atoms with Crippen LogP contribution < -0.4 is 10.1 Å². The normalized spacial score (nSPS) is 11.6. The van der Waals surface area contributed by atoms with Crippen LogP contribution in [0.1, 0.15) is 19.4 Å². The van der Waals surface area contributed by atoms with Crippen molar-refractivity contribution < 1.29 is 14.6 Å². The monoisotopic (exact) mass is 235 g/mol. The minimum atomic E-state index is -1.04. The zero-order chi connectivity index (χ0) is 12.8. The van der Waals surface area contributed by atoms with Gasteiger partial charge in [0, 0.05) is 0 Å². The van der Waals surface area contributed by atoms with Crippen LogP contribution in [0.15, 0.2) is 30.8 Å². The van der Waals surface area contributed by atoms with Gasteiger partial charge in [0.1, 0.15) is 12.4 Å². The van der Waals surface area contributed by atoms with E-state index in [4.69, 9.17) is 9.84 Å². The minimum Gasteiger partial charge on any atom is -0.491 e. The molecule has 4 heteroatoms. The van der Waals surface area contributed by atoms with Crippen LogP contribution in [0, 0.1) is 0 Å². The number of benzene rings is 1. The van der Waals surface area contributed by atoms with Crippen molar-refractivity contribution in [3.63, 3.8) is 0 Å². The van der Waals surface area contributed by atoms with Crippen LogP contribution in [0.25, 0.3) is 5.57 Å². The molecule has 1 rings (SSSR count). The van der Waals surface area contributed by atoms with E-state index in [0.717, 1.165) is 11.1 Å². The summed E-state index contributed by atoms with van der Waals surface area (Å²) in [5, 5.41) is 10.8. The first kappa shape index (κ1) is 13.1. The quantitative estimate of drug-likeness (QED) is 0.825. The summed E-state index contributed by atoms with van der Waals surface area (Å²) < 4.78 is 5.49. The Hall–Kier alpha value is -1.97. The Morgan fingerprint density at radius 3 is 2.88 bits per heavy atom. The van der Waals surface area contributed by atoms with Crippen molar-refractivity contribution in [3.8, 4) is 5.75 Å². The fourth-order valence-corrected chi connectivity index (χ4v) is 1.33. The van der Waals surface area contributed by atoms with Gasteiger partial charge in [-0.3, -0.25) is 0 Å². The average Bonchev–Trinajstić information content (AvgIpc) is 2.26. The molecule has 0 aliphatic carbocycles. The lowest BCUT2D eigenvalue weighted by Crippen LogP contribution is -2.35. The lowest BCUT2D eigenvalue weighted by Gasteiger charge is -2.13. The molecule has 0 spiro atoms. The molecule has 1 aromatic carbocycles. The van der Waals surface area contributed by atoms with Crippen LogP contribution in [0.4, 0.5) is 4.79 Å². The fraction of sp³-hybridized carbons (Fsp3) is 0.308. The van der Waals surface area contributed by atoms with Crippen LogP contribution >= 0.6 is 0 Å². The van der Waals surface area contributed by atoms with Gasteiger partial charge in [0.25, 0.3) is 0 Å². The maximum Gasteiger partial charge on any atom is 0.404 e. The van der Waals surface area contributed by atoms with Gasteiger partial charge in [-0.15, -0.1) is 0 Å². The second kappa shape index (κ2) is 5.94. The fourth-order valence-electron chi connectivity index (χ4n) is 1.33. The molecule has 4 nitrogen and oxygen atoms in total. The molecule has 1 atom stereocenters. The number of ether oxygens (including phenoxy) is 1. The Balaban J connectivity index is 2.54. The molecule has 92 valence electrons. The Bertz CT molecular complexity index is 415. The predicted molar refractivity (Wildman–Crippen MR) is 67.3 cm³/mol. The van der Waals surface area contributed by atoms with E-state index in [0.29, 0.717) is 12.4 Å². The van der Waals surface area contributed by atoms with Crippen molar-refractivity contribution in [3.05, 3.63) is 36.4 Å². The van der Waals surface area contributed by atoms with E-state index in [9.17, 15) is 4.79 Å². The van der Waals surface area contributed by atoms with E-state index in [2.05, 4.69) is 11.9 Å². The van der Waals surface area contributed by atoms with Gasteiger partial charge in [-0.05, 0) is 31.5 Å². The van der Waals surface area contributed by atoms with E-state index in [-0.39, 0.29) is 6.04 Å². The molecule has 17 heavy (non-hydrogen) atoms. The molecule has 2 N–H and O–H groups in total. The first-order valence-corrected chi connectivity index (χ1v) is 5.37. The molecular formula is C13H17NO3. The summed E-state index contributed by atoms with van der Waals surface area (Å²) in [4.78, 5) is 10.4. The van der Waals surface area contributed by atoms with E-state index >= 15 is 0 Å². The van der Waals surface area contributed by atoms with Crippen LogP contribution in [-0.4, -0.2) is 23.8 Å². The Morgan fingerprint density at radius 1 is 1.59 bits per heavy atom. The van der Waals surface area contributed by atoms with Gasteiger partial charge in [0.2, 0.25) is 0 Å². The summed E-state index contributed by atoms with van der Waals surface area (Å²) in [5.41, 5.74) is 1.98. The summed E-state index contributed by atoms with van der Waals surface area (Å²) >= 11 is 0. The number of carbonyl (C=O) groups is 1. The maximum absolute atomic E-state index is 10.4. The average molecular weight is 235 g/mol. The van der Waals surface area contributed by atoms with Crippen molar-refractivity contribution in [1.82, 2.24) is 5.32 Å². The summed E-state index contributed by atoms with van der Waals surface area (Å²) in [6.07, 6.45) is -1.04. The highest BCUT2D eigenvalue weighted by Gasteiger charge is 2.06. The van der Waals surface area contributed by atoms with Crippen LogP contribution in [0.2, 0.25) is 0 Å². The molecule has 0 aliphatic rings. The van der Waals surface area contributed by atoms with Crippen molar-refractivity contribution in [2.45, 2.75) is 19.9 Å². The predicted octanol–water partition coefficient (Wildman–Crippen LogP) is 2.75. The number of hydrogen-bond acceptors (Lipinski definition) is 2. The number of allylic oxidation sites excluding steroid dienone is 1. The summed E-state index contributed by atoms with van der Waals surface area (Å²) in [7, 11) is 0. The van der Waals surface area contributed by atoms with Crippen molar-refractivity contribution in [2.75, 3.05) is 6.61 Å². The highest BCUT2D eigenvalue weighted by Crippen LogP contribution is 2.18. The molecule has 0 saturated carbocycles. The van der Waals surface area contributed by atoms with Gasteiger partial charge in [-0.2, -0.15) is 0 Å². The van der Waals surface area contributed by atoms with Crippen LogP contribution in [-0.2, 0) is 0 Å². The molecule has 0 aliphatic heterocycles. The lowest BCUT2D eigenvalue weighted by molar-refractivity contribution is 0.183. The molecule has 0 aromatic heterocycles. The number of hydrogen-bond donors (Lipinski definition) is 2. The molecule has 1 unspecified atom stereocenters. The number of carboxylic acid groups (broad SMARTS) is 1. The topological polar surface area (TPSA) is 58.6 Å². The highest BCUT2D eigenvalue weighted by atomic mass is 16.5. The van der Waals surface area contributed by atoms with Crippen molar-refractivity contribution in [2.24, 2.45) is 0 Å². The second-order valence-corrected chi connectivity index (χ2v) is 3.97. The molecule has 0 bridgehead atoms. The lowest BCUT2D eigenvalue weighted by atomic mass is 10.1. The molecule has 0 fully saturated rings. The van der Waals surface area contributed by atoms with Gasteiger partial charge in [-0.1, -0.05) is 24.3 Å².